The highest BCUT2D eigenvalue weighted by molar-refractivity contribution is 7.88. The van der Waals surface area contributed by atoms with Crippen LogP contribution in [0.25, 0.3) is 0 Å². The van der Waals surface area contributed by atoms with Gasteiger partial charge in [-0.3, -0.25) is 9.59 Å². The number of nitrogens with one attached hydrogen (secondary N) is 1. The van der Waals surface area contributed by atoms with Gasteiger partial charge in [-0.15, -0.1) is 0 Å². The van der Waals surface area contributed by atoms with Gasteiger partial charge in [0.1, 0.15) is 0 Å². The number of para-hydroxylation sites is 1. The maximum atomic E-state index is 13.1. The third kappa shape index (κ3) is 4.76. The smallest absolute Gasteiger partial charge is 0.256 e. The molecule has 2 amide bonds. The summed E-state index contributed by atoms with van der Waals surface area (Å²) in [7, 11) is -3.28. The molecule has 0 saturated carbocycles. The van der Waals surface area contributed by atoms with Gasteiger partial charge in [-0.2, -0.15) is 0 Å². The molecule has 0 unspecified atom stereocenters. The van der Waals surface area contributed by atoms with Crippen LogP contribution in [0.1, 0.15) is 27.1 Å². The zero-order valence-electron chi connectivity index (χ0n) is 15.7. The van der Waals surface area contributed by atoms with Crippen LogP contribution in [-0.2, 0) is 10.0 Å². The van der Waals surface area contributed by atoms with Crippen molar-refractivity contribution in [1.29, 1.82) is 0 Å². The van der Waals surface area contributed by atoms with Crippen LogP contribution in [0.2, 0.25) is 0 Å². The summed E-state index contributed by atoms with van der Waals surface area (Å²) < 4.78 is 24.9. The lowest BCUT2D eigenvalue weighted by Crippen LogP contribution is -2.37. The van der Waals surface area contributed by atoms with E-state index < -0.39 is 10.0 Å². The molecule has 2 aromatic carbocycles. The zero-order valence-corrected chi connectivity index (χ0v) is 16.5. The van der Waals surface area contributed by atoms with Crippen molar-refractivity contribution in [2.75, 3.05) is 37.8 Å². The van der Waals surface area contributed by atoms with Gasteiger partial charge >= 0.3 is 0 Å². The average molecular weight is 401 g/mol. The van der Waals surface area contributed by atoms with Crippen LogP contribution in [0, 0.1) is 0 Å². The number of benzene rings is 2. The second kappa shape index (κ2) is 8.53. The summed E-state index contributed by atoms with van der Waals surface area (Å²) in [6, 6.07) is 15.6. The fourth-order valence-corrected chi connectivity index (χ4v) is 4.04. The molecule has 8 heteroatoms. The van der Waals surface area contributed by atoms with Crippen LogP contribution in [0.15, 0.2) is 54.6 Å². The fraction of sp³-hybridized carbons (Fsp3) is 0.300. The Kier molecular flexibility index (Phi) is 6.11. The lowest BCUT2D eigenvalue weighted by molar-refractivity contribution is 0.0765. The standard InChI is InChI=1S/C20H23N3O4S/c1-28(26,27)23-13-7-12-22(14-15-23)20(25)17-10-5-6-11-18(17)21-19(24)16-8-3-2-4-9-16/h2-6,8-11H,7,12-15H2,1H3,(H,21,24). The van der Waals surface area contributed by atoms with E-state index >= 15 is 0 Å². The van der Waals surface area contributed by atoms with Crippen LogP contribution >= 0.6 is 0 Å². The number of anilines is 1. The number of rotatable bonds is 4. The normalized spacial score (nSPS) is 15.7. The van der Waals surface area contributed by atoms with E-state index in [1.807, 2.05) is 6.07 Å². The molecule has 0 radical (unpaired) electrons. The minimum Gasteiger partial charge on any atom is -0.337 e. The maximum Gasteiger partial charge on any atom is 0.256 e. The molecule has 1 aliphatic heterocycles. The van der Waals surface area contributed by atoms with E-state index in [1.165, 1.54) is 10.6 Å². The van der Waals surface area contributed by atoms with Crippen LogP contribution in [-0.4, -0.2) is 61.9 Å². The largest absolute Gasteiger partial charge is 0.337 e. The van der Waals surface area contributed by atoms with Gasteiger partial charge < -0.3 is 10.2 Å². The summed E-state index contributed by atoms with van der Waals surface area (Å²) in [5.41, 5.74) is 1.33. The summed E-state index contributed by atoms with van der Waals surface area (Å²) in [5.74, 6) is -0.515. The van der Waals surface area contributed by atoms with E-state index in [-0.39, 0.29) is 18.4 Å². The fourth-order valence-electron chi connectivity index (χ4n) is 3.16. The third-order valence-corrected chi connectivity index (χ3v) is 5.96. The summed E-state index contributed by atoms with van der Waals surface area (Å²) in [6.07, 6.45) is 1.75. The number of nitrogens with zero attached hydrogens (tertiary/aromatic N) is 2. The summed E-state index contributed by atoms with van der Waals surface area (Å²) in [6.45, 7) is 1.44. The molecule has 1 fully saturated rings. The van der Waals surface area contributed by atoms with Gasteiger partial charge in [0, 0.05) is 31.7 Å². The number of carbonyl (C=O) groups excluding carboxylic acids is 2. The molecule has 7 nitrogen and oxygen atoms in total. The van der Waals surface area contributed by atoms with Crippen molar-refractivity contribution < 1.29 is 18.0 Å². The second-order valence-electron chi connectivity index (χ2n) is 6.67. The Balaban J connectivity index is 1.77. The lowest BCUT2D eigenvalue weighted by Gasteiger charge is -2.22. The predicted octanol–water partition coefficient (Wildman–Crippen LogP) is 2.05. The Hall–Kier alpha value is -2.71. The van der Waals surface area contributed by atoms with E-state index in [0.29, 0.717) is 42.9 Å². The quantitative estimate of drug-likeness (QED) is 0.849. The van der Waals surface area contributed by atoms with Gasteiger partial charge in [-0.05, 0) is 30.7 Å². The third-order valence-electron chi connectivity index (χ3n) is 4.65. The Bertz CT molecular complexity index is 960. The number of hydrogen-bond acceptors (Lipinski definition) is 4. The van der Waals surface area contributed by atoms with E-state index in [0.717, 1.165) is 0 Å². The molecule has 0 bridgehead atoms. The minimum absolute atomic E-state index is 0.223. The first-order valence-corrected chi connectivity index (χ1v) is 10.9. The summed E-state index contributed by atoms with van der Waals surface area (Å²) in [5, 5.41) is 2.80. The molecule has 28 heavy (non-hydrogen) atoms. The molecular weight excluding hydrogens is 378 g/mol. The molecule has 2 aromatic rings. The summed E-state index contributed by atoms with van der Waals surface area (Å²) in [4.78, 5) is 27.2. The molecule has 0 aromatic heterocycles. The maximum absolute atomic E-state index is 13.1. The number of amides is 2. The van der Waals surface area contributed by atoms with E-state index in [9.17, 15) is 18.0 Å². The van der Waals surface area contributed by atoms with Crippen molar-refractivity contribution >= 4 is 27.5 Å². The number of hydrogen-bond donors (Lipinski definition) is 1. The van der Waals surface area contributed by atoms with Crippen LogP contribution in [0.4, 0.5) is 5.69 Å². The highest BCUT2D eigenvalue weighted by Gasteiger charge is 2.25. The van der Waals surface area contributed by atoms with Crippen LogP contribution in [0.5, 0.6) is 0 Å². The molecular formula is C20H23N3O4S. The Labute approximate surface area is 165 Å². The van der Waals surface area contributed by atoms with Crippen molar-refractivity contribution in [2.24, 2.45) is 0 Å². The SMILES string of the molecule is CS(=O)(=O)N1CCCN(C(=O)c2ccccc2NC(=O)c2ccccc2)CC1. The topological polar surface area (TPSA) is 86.8 Å². The van der Waals surface area contributed by atoms with Crippen molar-refractivity contribution in [3.05, 3.63) is 65.7 Å². The Morgan fingerprint density at radius 1 is 0.893 bits per heavy atom. The number of sulfonamides is 1. The molecule has 0 aliphatic carbocycles. The number of carbonyl (C=O) groups is 2. The first-order valence-electron chi connectivity index (χ1n) is 9.06. The Morgan fingerprint density at radius 2 is 1.57 bits per heavy atom. The summed E-state index contributed by atoms with van der Waals surface area (Å²) >= 11 is 0. The molecule has 1 heterocycles. The molecule has 148 valence electrons. The average Bonchev–Trinajstić information content (AvgIpc) is 2.95. The van der Waals surface area contributed by atoms with Gasteiger partial charge in [0.2, 0.25) is 10.0 Å². The van der Waals surface area contributed by atoms with E-state index in [2.05, 4.69) is 5.32 Å². The molecule has 0 atom stereocenters. The highest BCUT2D eigenvalue weighted by Crippen LogP contribution is 2.20. The molecule has 1 saturated heterocycles. The van der Waals surface area contributed by atoms with Crippen molar-refractivity contribution in [3.8, 4) is 0 Å². The highest BCUT2D eigenvalue weighted by atomic mass is 32.2. The molecule has 1 N–H and O–H groups in total. The molecule has 1 aliphatic rings. The van der Waals surface area contributed by atoms with Gasteiger partial charge in [0.15, 0.2) is 0 Å². The monoisotopic (exact) mass is 401 g/mol. The van der Waals surface area contributed by atoms with Crippen molar-refractivity contribution in [2.45, 2.75) is 6.42 Å². The van der Waals surface area contributed by atoms with Gasteiger partial charge in [0.05, 0.1) is 17.5 Å². The van der Waals surface area contributed by atoms with Gasteiger partial charge in [-0.1, -0.05) is 30.3 Å². The van der Waals surface area contributed by atoms with Crippen LogP contribution in [0.3, 0.4) is 0 Å². The lowest BCUT2D eigenvalue weighted by atomic mass is 10.1. The van der Waals surface area contributed by atoms with E-state index in [1.54, 1.807) is 53.4 Å². The molecule has 0 spiro atoms. The molecule has 3 rings (SSSR count). The Morgan fingerprint density at radius 3 is 2.29 bits per heavy atom. The first kappa shape index (κ1) is 20.0. The van der Waals surface area contributed by atoms with Gasteiger partial charge in [-0.25, -0.2) is 12.7 Å². The van der Waals surface area contributed by atoms with Crippen LogP contribution < -0.4 is 5.32 Å². The zero-order chi connectivity index (χ0) is 20.1. The van der Waals surface area contributed by atoms with Crippen molar-refractivity contribution in [1.82, 2.24) is 9.21 Å². The second-order valence-corrected chi connectivity index (χ2v) is 8.66. The predicted molar refractivity (Wildman–Crippen MR) is 108 cm³/mol. The first-order chi connectivity index (χ1) is 13.4. The van der Waals surface area contributed by atoms with E-state index in [4.69, 9.17) is 0 Å². The van der Waals surface area contributed by atoms with Crippen molar-refractivity contribution in [3.63, 3.8) is 0 Å². The minimum atomic E-state index is -3.28. The van der Waals surface area contributed by atoms with Gasteiger partial charge in [0.25, 0.3) is 11.8 Å².